The molecular formula is C12H14N2O4S. The van der Waals surface area contributed by atoms with Crippen LogP contribution in [0.1, 0.15) is 5.82 Å². The predicted octanol–water partition coefficient (Wildman–Crippen LogP) is 1.45. The molecule has 0 spiro atoms. The molecule has 0 radical (unpaired) electrons. The van der Waals surface area contributed by atoms with E-state index in [0.717, 1.165) is 3.97 Å². The maximum atomic E-state index is 12.4. The van der Waals surface area contributed by atoms with Gasteiger partial charge in [0.15, 0.2) is 11.5 Å². The van der Waals surface area contributed by atoms with Crippen molar-refractivity contribution in [3.63, 3.8) is 0 Å². The van der Waals surface area contributed by atoms with Crippen LogP contribution in [0.25, 0.3) is 0 Å². The van der Waals surface area contributed by atoms with E-state index in [1.165, 1.54) is 38.7 Å². The molecule has 1 aromatic heterocycles. The van der Waals surface area contributed by atoms with Crippen molar-refractivity contribution in [2.45, 2.75) is 11.8 Å². The maximum absolute atomic E-state index is 12.4. The fourth-order valence-corrected chi connectivity index (χ4v) is 3.04. The lowest BCUT2D eigenvalue weighted by Gasteiger charge is -2.11. The normalized spacial score (nSPS) is 11.3. The fraction of sp³-hybridized carbons (Fsp3) is 0.250. The average Bonchev–Trinajstić information content (AvgIpc) is 2.84. The highest BCUT2D eigenvalue weighted by molar-refractivity contribution is 7.90. The Bertz CT molecular complexity index is 692. The second-order valence-corrected chi connectivity index (χ2v) is 5.61. The molecule has 102 valence electrons. The molecule has 7 heteroatoms. The fourth-order valence-electron chi connectivity index (χ4n) is 1.71. The van der Waals surface area contributed by atoms with E-state index in [1.807, 2.05) is 0 Å². The molecular weight excluding hydrogens is 268 g/mol. The highest BCUT2D eigenvalue weighted by atomic mass is 32.2. The van der Waals surface area contributed by atoms with Crippen LogP contribution >= 0.6 is 0 Å². The maximum Gasteiger partial charge on any atom is 0.269 e. The molecule has 0 aliphatic carbocycles. The minimum absolute atomic E-state index is 0.117. The largest absolute Gasteiger partial charge is 0.493 e. The summed E-state index contributed by atoms with van der Waals surface area (Å²) in [5.41, 5.74) is 0. The van der Waals surface area contributed by atoms with Crippen LogP contribution < -0.4 is 9.47 Å². The number of aryl methyl sites for hydroxylation is 1. The third-order valence-electron chi connectivity index (χ3n) is 2.69. The van der Waals surface area contributed by atoms with Crippen molar-refractivity contribution >= 4 is 10.0 Å². The Morgan fingerprint density at radius 1 is 1.16 bits per heavy atom. The molecule has 1 aromatic carbocycles. The van der Waals surface area contributed by atoms with Crippen molar-refractivity contribution in [3.05, 3.63) is 36.4 Å². The molecule has 19 heavy (non-hydrogen) atoms. The number of hydrogen-bond acceptors (Lipinski definition) is 5. The summed E-state index contributed by atoms with van der Waals surface area (Å²) in [5, 5.41) is 0. The quantitative estimate of drug-likeness (QED) is 0.848. The Morgan fingerprint density at radius 3 is 2.37 bits per heavy atom. The lowest BCUT2D eigenvalue weighted by Crippen LogP contribution is -2.13. The second kappa shape index (κ2) is 4.93. The Hall–Kier alpha value is -2.02. The first kappa shape index (κ1) is 13.4. The van der Waals surface area contributed by atoms with Crippen molar-refractivity contribution in [1.29, 1.82) is 0 Å². The van der Waals surface area contributed by atoms with E-state index in [1.54, 1.807) is 13.0 Å². The van der Waals surface area contributed by atoms with Gasteiger partial charge in [0.25, 0.3) is 10.0 Å². The van der Waals surface area contributed by atoms with Gasteiger partial charge in [0, 0.05) is 18.5 Å². The summed E-state index contributed by atoms with van der Waals surface area (Å²) < 4.78 is 36.1. The summed E-state index contributed by atoms with van der Waals surface area (Å²) in [6, 6.07) is 4.45. The molecule has 0 bridgehead atoms. The molecule has 0 fully saturated rings. The van der Waals surface area contributed by atoms with Gasteiger partial charge in [-0.2, -0.15) is 0 Å². The van der Waals surface area contributed by atoms with E-state index in [2.05, 4.69) is 4.98 Å². The molecule has 0 saturated carbocycles. The molecule has 2 aromatic rings. The summed E-state index contributed by atoms with van der Waals surface area (Å²) in [6.07, 6.45) is 2.84. The highest BCUT2D eigenvalue weighted by Gasteiger charge is 2.20. The Morgan fingerprint density at radius 2 is 1.84 bits per heavy atom. The van der Waals surface area contributed by atoms with Crippen molar-refractivity contribution in [2.24, 2.45) is 0 Å². The second-order valence-electron chi connectivity index (χ2n) is 3.79. The van der Waals surface area contributed by atoms with Gasteiger partial charge in [-0.25, -0.2) is 17.4 Å². The van der Waals surface area contributed by atoms with Crippen LogP contribution in [-0.2, 0) is 10.0 Å². The summed E-state index contributed by atoms with van der Waals surface area (Å²) in [7, 11) is -0.718. The number of ether oxygens (including phenoxy) is 2. The molecule has 0 amide bonds. The Balaban J connectivity index is 2.56. The van der Waals surface area contributed by atoms with E-state index in [4.69, 9.17) is 9.47 Å². The zero-order valence-electron chi connectivity index (χ0n) is 10.8. The standard InChI is InChI=1S/C12H14N2O4S/c1-9-13-6-7-14(9)19(15,16)10-4-5-11(17-2)12(8-10)18-3/h4-8H,1-3H3. The first-order valence-electron chi connectivity index (χ1n) is 5.48. The molecule has 6 nitrogen and oxygen atoms in total. The third-order valence-corrected chi connectivity index (χ3v) is 4.45. The monoisotopic (exact) mass is 282 g/mol. The Kier molecular flexibility index (Phi) is 3.48. The van der Waals surface area contributed by atoms with Gasteiger partial charge in [-0.15, -0.1) is 0 Å². The summed E-state index contributed by atoms with van der Waals surface area (Å²) >= 11 is 0. The van der Waals surface area contributed by atoms with Gasteiger partial charge >= 0.3 is 0 Å². The van der Waals surface area contributed by atoms with Gasteiger partial charge in [-0.05, 0) is 19.1 Å². The van der Waals surface area contributed by atoms with Gasteiger partial charge in [0.1, 0.15) is 5.82 Å². The lowest BCUT2D eigenvalue weighted by molar-refractivity contribution is 0.354. The van der Waals surface area contributed by atoms with Crippen molar-refractivity contribution < 1.29 is 17.9 Å². The van der Waals surface area contributed by atoms with E-state index >= 15 is 0 Å². The van der Waals surface area contributed by atoms with Gasteiger partial charge in [0.05, 0.1) is 19.1 Å². The van der Waals surface area contributed by atoms with Crippen molar-refractivity contribution in [2.75, 3.05) is 14.2 Å². The number of benzene rings is 1. The minimum atomic E-state index is -3.67. The van der Waals surface area contributed by atoms with Crippen LogP contribution in [0.15, 0.2) is 35.5 Å². The molecule has 2 rings (SSSR count). The van der Waals surface area contributed by atoms with Crippen LogP contribution in [0, 0.1) is 6.92 Å². The van der Waals surface area contributed by atoms with Crippen LogP contribution in [-0.4, -0.2) is 31.6 Å². The number of methoxy groups -OCH3 is 2. The van der Waals surface area contributed by atoms with Gasteiger partial charge in [-0.1, -0.05) is 0 Å². The van der Waals surface area contributed by atoms with E-state index in [-0.39, 0.29) is 4.90 Å². The van der Waals surface area contributed by atoms with E-state index in [9.17, 15) is 8.42 Å². The smallest absolute Gasteiger partial charge is 0.269 e. The van der Waals surface area contributed by atoms with Gasteiger partial charge < -0.3 is 9.47 Å². The number of rotatable bonds is 4. The first-order chi connectivity index (χ1) is 9.00. The number of hydrogen-bond donors (Lipinski definition) is 0. The summed E-state index contributed by atoms with van der Waals surface area (Å²) in [5.74, 6) is 1.24. The summed E-state index contributed by atoms with van der Waals surface area (Å²) in [6.45, 7) is 1.62. The SMILES string of the molecule is COc1ccc(S(=O)(=O)n2ccnc2C)cc1OC. The topological polar surface area (TPSA) is 70.4 Å². The predicted molar refractivity (Wildman–Crippen MR) is 69.1 cm³/mol. The molecule has 1 heterocycles. The molecule has 0 aliphatic rings. The molecule has 0 N–H and O–H groups in total. The highest BCUT2D eigenvalue weighted by Crippen LogP contribution is 2.30. The third kappa shape index (κ3) is 2.28. The zero-order valence-corrected chi connectivity index (χ0v) is 11.6. The molecule has 0 atom stereocenters. The van der Waals surface area contributed by atoms with E-state index in [0.29, 0.717) is 17.3 Å². The van der Waals surface area contributed by atoms with E-state index < -0.39 is 10.0 Å². The van der Waals surface area contributed by atoms with Gasteiger partial charge in [0.2, 0.25) is 0 Å². The van der Waals surface area contributed by atoms with Crippen LogP contribution in [0.3, 0.4) is 0 Å². The number of nitrogens with zero attached hydrogens (tertiary/aromatic N) is 2. The average molecular weight is 282 g/mol. The molecule has 0 saturated heterocycles. The van der Waals surface area contributed by atoms with Crippen LogP contribution in [0.2, 0.25) is 0 Å². The lowest BCUT2D eigenvalue weighted by atomic mass is 10.3. The van der Waals surface area contributed by atoms with Crippen LogP contribution in [0.4, 0.5) is 0 Å². The minimum Gasteiger partial charge on any atom is -0.493 e. The summed E-state index contributed by atoms with van der Waals surface area (Å²) in [4.78, 5) is 4.03. The number of aromatic nitrogens is 2. The zero-order chi connectivity index (χ0) is 14.0. The van der Waals surface area contributed by atoms with Crippen molar-refractivity contribution in [1.82, 2.24) is 8.96 Å². The Labute approximate surface area is 111 Å². The van der Waals surface area contributed by atoms with Crippen molar-refractivity contribution in [3.8, 4) is 11.5 Å². The van der Waals surface area contributed by atoms with Gasteiger partial charge in [-0.3, -0.25) is 0 Å². The molecule has 0 aliphatic heterocycles. The molecule has 0 unspecified atom stereocenters. The number of imidazole rings is 1. The first-order valence-corrected chi connectivity index (χ1v) is 6.92. The van der Waals surface area contributed by atoms with Crippen LogP contribution in [0.5, 0.6) is 11.5 Å².